The van der Waals surface area contributed by atoms with Crippen LogP contribution in [0.5, 0.6) is 0 Å². The van der Waals surface area contributed by atoms with Gasteiger partial charge in [0.15, 0.2) is 0 Å². The highest BCUT2D eigenvalue weighted by molar-refractivity contribution is 6.31. The van der Waals surface area contributed by atoms with Crippen LogP contribution in [0.15, 0.2) is 48.5 Å². The highest BCUT2D eigenvalue weighted by Gasteiger charge is 2.11. The van der Waals surface area contributed by atoms with Gasteiger partial charge in [0.1, 0.15) is 5.82 Å². The Balaban J connectivity index is 1.78. The van der Waals surface area contributed by atoms with Crippen molar-refractivity contribution in [2.24, 2.45) is 12.8 Å². The van der Waals surface area contributed by atoms with Gasteiger partial charge in [-0.1, -0.05) is 41.9 Å². The molecule has 1 heterocycles. The summed E-state index contributed by atoms with van der Waals surface area (Å²) in [7, 11) is 2.02. The van der Waals surface area contributed by atoms with Crippen LogP contribution in [0, 0.1) is 0 Å². The Labute approximate surface area is 129 Å². The number of imidazole rings is 1. The molecule has 0 aliphatic heterocycles. The third-order valence-corrected chi connectivity index (χ3v) is 4.08. The van der Waals surface area contributed by atoms with Gasteiger partial charge < -0.3 is 10.3 Å². The van der Waals surface area contributed by atoms with E-state index in [1.807, 2.05) is 43.4 Å². The van der Waals surface area contributed by atoms with E-state index in [-0.39, 0.29) is 6.04 Å². The molecule has 1 unspecified atom stereocenters. The third-order valence-electron chi connectivity index (χ3n) is 3.84. The molecule has 21 heavy (non-hydrogen) atoms. The standard InChI is InChI=1S/C17H18ClN3/c1-21-16-11-13(18)7-9-15(16)20-17(21)10-8-14(19)12-5-3-2-4-6-12/h2-7,9,11,14H,8,10,19H2,1H3. The first-order valence-corrected chi connectivity index (χ1v) is 7.44. The van der Waals surface area contributed by atoms with Crippen LogP contribution < -0.4 is 5.73 Å². The van der Waals surface area contributed by atoms with Crippen LogP contribution in [0.4, 0.5) is 0 Å². The Morgan fingerprint density at radius 3 is 2.71 bits per heavy atom. The van der Waals surface area contributed by atoms with Gasteiger partial charge in [-0.3, -0.25) is 0 Å². The molecule has 3 rings (SSSR count). The Morgan fingerprint density at radius 1 is 1.19 bits per heavy atom. The predicted molar refractivity (Wildman–Crippen MR) is 87.4 cm³/mol. The van der Waals surface area contributed by atoms with Crippen LogP contribution >= 0.6 is 11.6 Å². The van der Waals surface area contributed by atoms with E-state index in [2.05, 4.69) is 21.7 Å². The number of nitrogens with zero attached hydrogens (tertiary/aromatic N) is 2. The zero-order valence-electron chi connectivity index (χ0n) is 12.0. The number of halogens is 1. The summed E-state index contributed by atoms with van der Waals surface area (Å²) in [6.07, 6.45) is 1.72. The van der Waals surface area contributed by atoms with E-state index in [0.29, 0.717) is 0 Å². The van der Waals surface area contributed by atoms with Gasteiger partial charge in [-0.05, 0) is 30.2 Å². The predicted octanol–water partition coefficient (Wildman–Crippen LogP) is 3.86. The topological polar surface area (TPSA) is 43.8 Å². The second-order valence-corrected chi connectivity index (χ2v) is 5.71. The second kappa shape index (κ2) is 5.88. The van der Waals surface area contributed by atoms with Crippen LogP contribution in [-0.2, 0) is 13.5 Å². The molecular weight excluding hydrogens is 282 g/mol. The maximum absolute atomic E-state index is 6.25. The highest BCUT2D eigenvalue weighted by atomic mass is 35.5. The van der Waals surface area contributed by atoms with Crippen molar-refractivity contribution in [3.05, 3.63) is 64.9 Å². The van der Waals surface area contributed by atoms with Crippen molar-refractivity contribution in [3.63, 3.8) is 0 Å². The van der Waals surface area contributed by atoms with Crippen LogP contribution in [0.25, 0.3) is 11.0 Å². The summed E-state index contributed by atoms with van der Waals surface area (Å²) in [6, 6.07) is 16.0. The molecule has 0 saturated heterocycles. The van der Waals surface area contributed by atoms with Crippen LogP contribution in [0.2, 0.25) is 5.02 Å². The van der Waals surface area contributed by atoms with Gasteiger partial charge in [0, 0.05) is 24.5 Å². The van der Waals surface area contributed by atoms with Gasteiger partial charge in [-0.15, -0.1) is 0 Å². The molecule has 4 heteroatoms. The lowest BCUT2D eigenvalue weighted by atomic mass is 10.0. The van der Waals surface area contributed by atoms with Crippen molar-refractivity contribution in [2.45, 2.75) is 18.9 Å². The first-order chi connectivity index (χ1) is 10.1. The maximum atomic E-state index is 6.25. The Morgan fingerprint density at radius 2 is 1.95 bits per heavy atom. The smallest absolute Gasteiger partial charge is 0.109 e. The number of fused-ring (bicyclic) bond motifs is 1. The summed E-state index contributed by atoms with van der Waals surface area (Å²) in [5.41, 5.74) is 9.46. The molecule has 0 bridgehead atoms. The molecule has 2 aromatic carbocycles. The molecule has 2 N–H and O–H groups in total. The highest BCUT2D eigenvalue weighted by Crippen LogP contribution is 2.22. The minimum Gasteiger partial charge on any atom is -0.331 e. The number of hydrogen-bond donors (Lipinski definition) is 1. The van der Waals surface area contributed by atoms with Gasteiger partial charge in [0.05, 0.1) is 11.0 Å². The van der Waals surface area contributed by atoms with Crippen LogP contribution in [-0.4, -0.2) is 9.55 Å². The number of nitrogens with two attached hydrogens (primary N) is 1. The number of rotatable bonds is 4. The summed E-state index contributed by atoms with van der Waals surface area (Å²) in [4.78, 5) is 4.67. The summed E-state index contributed by atoms with van der Waals surface area (Å²) in [5, 5.41) is 0.734. The summed E-state index contributed by atoms with van der Waals surface area (Å²) >= 11 is 6.05. The number of aryl methyl sites for hydroxylation is 2. The molecule has 0 fully saturated rings. The van der Waals surface area contributed by atoms with E-state index in [1.54, 1.807) is 0 Å². The summed E-state index contributed by atoms with van der Waals surface area (Å²) in [5.74, 6) is 1.04. The summed E-state index contributed by atoms with van der Waals surface area (Å²) < 4.78 is 2.10. The Bertz CT molecular complexity index is 749. The molecule has 0 aliphatic carbocycles. The molecule has 0 amide bonds. The van der Waals surface area contributed by atoms with Crippen molar-refractivity contribution in [3.8, 4) is 0 Å². The molecule has 1 aromatic heterocycles. The van der Waals surface area contributed by atoms with E-state index in [0.717, 1.165) is 34.7 Å². The van der Waals surface area contributed by atoms with E-state index in [1.165, 1.54) is 5.56 Å². The first kappa shape index (κ1) is 14.1. The van der Waals surface area contributed by atoms with Gasteiger partial charge in [-0.2, -0.15) is 0 Å². The van der Waals surface area contributed by atoms with Gasteiger partial charge in [0.2, 0.25) is 0 Å². The third kappa shape index (κ3) is 2.94. The van der Waals surface area contributed by atoms with Gasteiger partial charge >= 0.3 is 0 Å². The van der Waals surface area contributed by atoms with Gasteiger partial charge in [-0.25, -0.2) is 4.98 Å². The number of hydrogen-bond acceptors (Lipinski definition) is 2. The number of benzene rings is 2. The largest absolute Gasteiger partial charge is 0.331 e. The van der Waals surface area contributed by atoms with Crippen molar-refractivity contribution >= 4 is 22.6 Å². The van der Waals surface area contributed by atoms with Crippen LogP contribution in [0.3, 0.4) is 0 Å². The fraction of sp³-hybridized carbons (Fsp3) is 0.235. The minimum absolute atomic E-state index is 0.0367. The molecule has 0 aliphatic rings. The fourth-order valence-corrected chi connectivity index (χ4v) is 2.75. The minimum atomic E-state index is 0.0367. The molecule has 3 nitrogen and oxygen atoms in total. The molecule has 0 radical (unpaired) electrons. The Hall–Kier alpha value is -1.84. The molecule has 108 valence electrons. The average molecular weight is 300 g/mol. The quantitative estimate of drug-likeness (QED) is 0.795. The Kier molecular flexibility index (Phi) is 3.95. The second-order valence-electron chi connectivity index (χ2n) is 5.28. The normalized spacial score (nSPS) is 12.7. The van der Waals surface area contributed by atoms with Gasteiger partial charge in [0.25, 0.3) is 0 Å². The zero-order chi connectivity index (χ0) is 14.8. The van der Waals surface area contributed by atoms with E-state index < -0.39 is 0 Å². The van der Waals surface area contributed by atoms with Crippen molar-refractivity contribution in [1.29, 1.82) is 0 Å². The lowest BCUT2D eigenvalue weighted by molar-refractivity contribution is 0.623. The van der Waals surface area contributed by atoms with E-state index in [9.17, 15) is 0 Å². The molecule has 0 saturated carbocycles. The zero-order valence-corrected chi connectivity index (χ0v) is 12.7. The van der Waals surface area contributed by atoms with Crippen molar-refractivity contribution < 1.29 is 0 Å². The van der Waals surface area contributed by atoms with E-state index in [4.69, 9.17) is 17.3 Å². The monoisotopic (exact) mass is 299 g/mol. The van der Waals surface area contributed by atoms with Crippen molar-refractivity contribution in [2.75, 3.05) is 0 Å². The van der Waals surface area contributed by atoms with Crippen LogP contribution in [0.1, 0.15) is 23.9 Å². The maximum Gasteiger partial charge on any atom is 0.109 e. The van der Waals surface area contributed by atoms with Crippen molar-refractivity contribution in [1.82, 2.24) is 9.55 Å². The SMILES string of the molecule is Cn1c(CCC(N)c2ccccc2)nc2ccc(Cl)cc21. The number of aromatic nitrogens is 2. The molecule has 3 aromatic rings. The molecule has 1 atom stereocenters. The fourth-order valence-electron chi connectivity index (χ4n) is 2.59. The molecule has 0 spiro atoms. The lowest BCUT2D eigenvalue weighted by Gasteiger charge is -2.11. The van der Waals surface area contributed by atoms with E-state index >= 15 is 0 Å². The average Bonchev–Trinajstić information content (AvgIpc) is 2.82. The first-order valence-electron chi connectivity index (χ1n) is 7.06. The lowest BCUT2D eigenvalue weighted by Crippen LogP contribution is -2.12. The molecular formula is C17H18ClN3. The summed E-state index contributed by atoms with van der Waals surface area (Å²) in [6.45, 7) is 0.